The molecule has 0 radical (unpaired) electrons. The van der Waals surface area contributed by atoms with Crippen molar-refractivity contribution in [3.05, 3.63) is 18.2 Å². The van der Waals surface area contributed by atoms with Gasteiger partial charge in [-0.1, -0.05) is 6.07 Å². The smallest absolute Gasteiger partial charge is 0.298 e. The highest BCUT2D eigenvalue weighted by molar-refractivity contribution is 5.86. The molecule has 1 aromatic heterocycles. The number of nitrogens with two attached hydrogens (primary N) is 1. The molecule has 19 heavy (non-hydrogen) atoms. The van der Waals surface area contributed by atoms with Crippen LogP contribution in [-0.2, 0) is 4.74 Å². The van der Waals surface area contributed by atoms with Crippen molar-refractivity contribution in [1.82, 2.24) is 4.98 Å². The average molecular weight is 261 g/mol. The van der Waals surface area contributed by atoms with E-state index in [1.54, 1.807) is 0 Å². The molecular weight excluding hydrogens is 242 g/mol. The van der Waals surface area contributed by atoms with Crippen molar-refractivity contribution in [2.24, 2.45) is 5.92 Å². The number of anilines is 2. The van der Waals surface area contributed by atoms with E-state index >= 15 is 0 Å². The molecule has 0 amide bonds. The average Bonchev–Trinajstić information content (AvgIpc) is 2.85. The third-order valence-electron chi connectivity index (χ3n) is 3.55. The van der Waals surface area contributed by atoms with E-state index in [1.165, 1.54) is 6.42 Å². The van der Waals surface area contributed by atoms with Gasteiger partial charge >= 0.3 is 0 Å². The maximum atomic E-state index is 5.89. The minimum atomic E-state index is 0.547. The van der Waals surface area contributed by atoms with E-state index in [0.29, 0.717) is 17.6 Å². The van der Waals surface area contributed by atoms with E-state index in [-0.39, 0.29) is 0 Å². The summed E-state index contributed by atoms with van der Waals surface area (Å²) >= 11 is 0. The van der Waals surface area contributed by atoms with Gasteiger partial charge in [0.1, 0.15) is 5.52 Å². The van der Waals surface area contributed by atoms with Crippen molar-refractivity contribution < 1.29 is 9.15 Å². The maximum absolute atomic E-state index is 5.89. The van der Waals surface area contributed by atoms with Gasteiger partial charge in [0, 0.05) is 26.1 Å². The van der Waals surface area contributed by atoms with Gasteiger partial charge in [0.25, 0.3) is 6.01 Å². The molecule has 2 N–H and O–H groups in total. The Morgan fingerprint density at radius 3 is 3.11 bits per heavy atom. The first-order valence-electron chi connectivity index (χ1n) is 6.68. The van der Waals surface area contributed by atoms with Crippen LogP contribution < -0.4 is 10.6 Å². The van der Waals surface area contributed by atoms with Crippen LogP contribution in [0.15, 0.2) is 22.6 Å². The predicted octanol–water partition coefficient (Wildman–Crippen LogP) is 2.27. The van der Waals surface area contributed by atoms with Crippen molar-refractivity contribution in [2.45, 2.75) is 12.8 Å². The molecule has 0 spiro atoms. The lowest BCUT2D eigenvalue weighted by atomic mass is 10.0. The zero-order valence-corrected chi connectivity index (χ0v) is 11.1. The van der Waals surface area contributed by atoms with Crippen LogP contribution >= 0.6 is 0 Å². The minimum absolute atomic E-state index is 0.547. The molecule has 3 rings (SSSR count). The first-order chi connectivity index (χ1) is 9.24. The van der Waals surface area contributed by atoms with Gasteiger partial charge in [0.05, 0.1) is 12.3 Å². The highest BCUT2D eigenvalue weighted by atomic mass is 16.5. The van der Waals surface area contributed by atoms with Crippen molar-refractivity contribution in [3.63, 3.8) is 0 Å². The molecule has 0 bridgehead atoms. The van der Waals surface area contributed by atoms with Crippen LogP contribution in [0.3, 0.4) is 0 Å². The number of para-hydroxylation sites is 1. The van der Waals surface area contributed by atoms with E-state index in [9.17, 15) is 0 Å². The molecule has 0 aliphatic carbocycles. The second-order valence-corrected chi connectivity index (χ2v) is 5.15. The molecule has 1 atom stereocenters. The van der Waals surface area contributed by atoms with Gasteiger partial charge in [-0.25, -0.2) is 0 Å². The first kappa shape index (κ1) is 12.3. The number of fused-ring (bicyclic) bond motifs is 1. The third kappa shape index (κ3) is 2.51. The summed E-state index contributed by atoms with van der Waals surface area (Å²) in [4.78, 5) is 6.51. The SMILES string of the molecule is CN(CC1CCCOC1)c1nc2c(N)cccc2o1. The van der Waals surface area contributed by atoms with Crippen LogP contribution in [0, 0.1) is 5.92 Å². The van der Waals surface area contributed by atoms with Gasteiger partial charge in [0.2, 0.25) is 0 Å². The van der Waals surface area contributed by atoms with E-state index in [4.69, 9.17) is 14.9 Å². The summed E-state index contributed by atoms with van der Waals surface area (Å²) < 4.78 is 11.2. The van der Waals surface area contributed by atoms with Gasteiger partial charge in [-0.3, -0.25) is 0 Å². The second kappa shape index (κ2) is 5.09. The molecule has 5 nitrogen and oxygen atoms in total. The van der Waals surface area contributed by atoms with Crippen LogP contribution in [0.1, 0.15) is 12.8 Å². The monoisotopic (exact) mass is 261 g/mol. The predicted molar refractivity (Wildman–Crippen MR) is 75.2 cm³/mol. The summed E-state index contributed by atoms with van der Waals surface area (Å²) in [5, 5.41) is 0. The van der Waals surface area contributed by atoms with E-state index in [1.807, 2.05) is 30.1 Å². The summed E-state index contributed by atoms with van der Waals surface area (Å²) in [6, 6.07) is 6.23. The Balaban J connectivity index is 1.77. The van der Waals surface area contributed by atoms with Crippen molar-refractivity contribution >= 4 is 22.8 Å². The Labute approximate surface area is 112 Å². The van der Waals surface area contributed by atoms with Gasteiger partial charge in [-0.2, -0.15) is 4.98 Å². The Bertz CT molecular complexity index is 561. The van der Waals surface area contributed by atoms with E-state index < -0.39 is 0 Å². The van der Waals surface area contributed by atoms with Gasteiger partial charge in [0.15, 0.2) is 5.58 Å². The Morgan fingerprint density at radius 2 is 2.37 bits per heavy atom. The molecule has 1 saturated heterocycles. The summed E-state index contributed by atoms with van der Waals surface area (Å²) in [6.45, 7) is 2.61. The minimum Gasteiger partial charge on any atom is -0.423 e. The number of nitrogens with zero attached hydrogens (tertiary/aromatic N) is 2. The van der Waals surface area contributed by atoms with E-state index in [0.717, 1.165) is 37.3 Å². The van der Waals surface area contributed by atoms with Gasteiger partial charge in [-0.15, -0.1) is 0 Å². The lowest BCUT2D eigenvalue weighted by molar-refractivity contribution is 0.0573. The number of rotatable bonds is 3. The van der Waals surface area contributed by atoms with Crippen molar-refractivity contribution in [2.75, 3.05) is 37.4 Å². The molecule has 102 valence electrons. The van der Waals surface area contributed by atoms with Crippen LogP contribution in [0.2, 0.25) is 0 Å². The Hall–Kier alpha value is -1.75. The molecule has 1 unspecified atom stereocenters. The normalized spacial score (nSPS) is 19.7. The highest BCUT2D eigenvalue weighted by Crippen LogP contribution is 2.26. The summed E-state index contributed by atoms with van der Waals surface area (Å²) in [6.07, 6.45) is 2.34. The van der Waals surface area contributed by atoms with Crippen LogP contribution in [0.25, 0.3) is 11.1 Å². The fourth-order valence-electron chi connectivity index (χ4n) is 2.54. The largest absolute Gasteiger partial charge is 0.423 e. The number of hydrogen-bond acceptors (Lipinski definition) is 5. The second-order valence-electron chi connectivity index (χ2n) is 5.15. The Morgan fingerprint density at radius 1 is 1.47 bits per heavy atom. The summed E-state index contributed by atoms with van der Waals surface area (Å²) in [5.74, 6) is 0.547. The van der Waals surface area contributed by atoms with Gasteiger partial charge in [-0.05, 0) is 25.0 Å². The Kier molecular flexibility index (Phi) is 3.29. The molecule has 2 heterocycles. The van der Waals surface area contributed by atoms with Crippen molar-refractivity contribution in [1.29, 1.82) is 0 Å². The fourth-order valence-corrected chi connectivity index (χ4v) is 2.54. The molecule has 1 aromatic carbocycles. The molecule has 2 aromatic rings. The standard InChI is InChI=1S/C14H19N3O2/c1-17(8-10-4-3-7-18-9-10)14-16-13-11(15)5-2-6-12(13)19-14/h2,5-6,10H,3-4,7-9,15H2,1H3. The molecule has 1 fully saturated rings. The third-order valence-corrected chi connectivity index (χ3v) is 3.55. The number of oxazole rings is 1. The molecule has 1 aliphatic heterocycles. The summed E-state index contributed by atoms with van der Waals surface area (Å²) in [5.41, 5.74) is 8.03. The maximum Gasteiger partial charge on any atom is 0.298 e. The van der Waals surface area contributed by atoms with Crippen molar-refractivity contribution in [3.8, 4) is 0 Å². The van der Waals surface area contributed by atoms with Crippen LogP contribution in [-0.4, -0.2) is 31.8 Å². The first-order valence-corrected chi connectivity index (χ1v) is 6.68. The number of ether oxygens (including phenoxy) is 1. The number of nitrogen functional groups attached to an aromatic ring is 1. The van der Waals surface area contributed by atoms with Crippen LogP contribution in [0.5, 0.6) is 0 Å². The van der Waals surface area contributed by atoms with E-state index in [2.05, 4.69) is 4.98 Å². The quantitative estimate of drug-likeness (QED) is 0.859. The molecule has 0 saturated carbocycles. The number of benzene rings is 1. The topological polar surface area (TPSA) is 64.5 Å². The lowest BCUT2D eigenvalue weighted by Crippen LogP contribution is -2.30. The molecular formula is C14H19N3O2. The van der Waals surface area contributed by atoms with Gasteiger partial charge < -0.3 is 19.8 Å². The lowest BCUT2D eigenvalue weighted by Gasteiger charge is -2.26. The molecule has 5 heteroatoms. The summed E-state index contributed by atoms with van der Waals surface area (Å²) in [7, 11) is 2.00. The van der Waals surface area contributed by atoms with Crippen LogP contribution in [0.4, 0.5) is 11.7 Å². The fraction of sp³-hybridized carbons (Fsp3) is 0.500. The number of aromatic nitrogens is 1. The number of hydrogen-bond donors (Lipinski definition) is 1. The molecule has 1 aliphatic rings. The highest BCUT2D eigenvalue weighted by Gasteiger charge is 2.19. The zero-order chi connectivity index (χ0) is 13.2. The zero-order valence-electron chi connectivity index (χ0n) is 11.1.